The molecule has 1 heterocycles. The first-order valence-electron chi connectivity index (χ1n) is 11.0. The number of aliphatic carboxylic acids is 1. The van der Waals surface area contributed by atoms with E-state index >= 15 is 0 Å². The van der Waals surface area contributed by atoms with Crippen molar-refractivity contribution in [2.24, 2.45) is 0 Å². The van der Waals surface area contributed by atoms with Crippen LogP contribution in [-0.2, 0) is 27.3 Å². The molecule has 1 aliphatic heterocycles. The van der Waals surface area contributed by atoms with E-state index in [1.807, 2.05) is 18.2 Å². The highest BCUT2D eigenvalue weighted by molar-refractivity contribution is 5.83. The molecule has 0 unspecified atom stereocenters. The van der Waals surface area contributed by atoms with Gasteiger partial charge in [0.2, 0.25) is 11.8 Å². The summed E-state index contributed by atoms with van der Waals surface area (Å²) in [6.07, 6.45) is 3.55. The number of carboxylic acid groups (broad SMARTS) is 1. The van der Waals surface area contributed by atoms with Crippen molar-refractivity contribution in [1.82, 2.24) is 15.5 Å². The normalized spacial score (nSPS) is 17.2. The predicted molar refractivity (Wildman–Crippen MR) is 118 cm³/mol. The summed E-state index contributed by atoms with van der Waals surface area (Å²) in [5.41, 5.74) is 1.95. The Morgan fingerprint density at radius 3 is 2.68 bits per heavy atom. The zero-order valence-electron chi connectivity index (χ0n) is 18.8. The molecule has 0 aromatic heterocycles. The van der Waals surface area contributed by atoms with E-state index in [1.165, 1.54) is 6.92 Å². The molecule has 8 nitrogen and oxygen atoms in total. The van der Waals surface area contributed by atoms with Crippen LogP contribution in [0.5, 0.6) is 5.75 Å². The predicted octanol–water partition coefficient (Wildman–Crippen LogP) is 2.10. The van der Waals surface area contributed by atoms with Crippen molar-refractivity contribution < 1.29 is 24.2 Å². The number of carboxylic acids is 1. The number of ether oxygens (including phenoxy) is 1. The Hall–Kier alpha value is -2.61. The number of fused-ring (bicyclic) bond motifs is 1. The van der Waals surface area contributed by atoms with E-state index < -0.39 is 12.0 Å². The van der Waals surface area contributed by atoms with Crippen molar-refractivity contribution in [1.29, 1.82) is 0 Å². The van der Waals surface area contributed by atoms with Gasteiger partial charge in [-0.05, 0) is 58.1 Å². The average Bonchev–Trinajstić information content (AvgIpc) is 2.72. The molecule has 1 aromatic rings. The number of carbonyl (C=O) groups excluding carboxylic acids is 2. The first kappa shape index (κ1) is 24.7. The molecule has 0 radical (unpaired) electrons. The van der Waals surface area contributed by atoms with Crippen molar-refractivity contribution in [3.63, 3.8) is 0 Å². The van der Waals surface area contributed by atoms with E-state index in [1.54, 1.807) is 0 Å². The second-order valence-electron chi connectivity index (χ2n) is 8.33. The number of hydrogen-bond acceptors (Lipinski definition) is 5. The van der Waals surface area contributed by atoms with Gasteiger partial charge in [-0.15, -0.1) is 0 Å². The molecule has 172 valence electrons. The van der Waals surface area contributed by atoms with Crippen LogP contribution in [0, 0.1) is 0 Å². The van der Waals surface area contributed by atoms with Gasteiger partial charge in [0.05, 0.1) is 13.2 Å². The van der Waals surface area contributed by atoms with Gasteiger partial charge in [-0.2, -0.15) is 0 Å². The van der Waals surface area contributed by atoms with Crippen LogP contribution < -0.4 is 15.4 Å². The molecule has 1 aromatic carbocycles. The molecule has 2 rings (SSSR count). The molecule has 0 bridgehead atoms. The minimum atomic E-state index is -1.06. The number of nitrogens with one attached hydrogen (secondary N) is 2. The number of rotatable bonds is 6. The van der Waals surface area contributed by atoms with Crippen molar-refractivity contribution >= 4 is 17.8 Å². The summed E-state index contributed by atoms with van der Waals surface area (Å²) in [5.74, 6) is -0.525. The number of carbonyl (C=O) groups is 3. The minimum absolute atomic E-state index is 0.0239. The smallest absolute Gasteiger partial charge is 0.325 e. The molecule has 2 amide bonds. The van der Waals surface area contributed by atoms with Crippen LogP contribution in [0.3, 0.4) is 0 Å². The average molecular weight is 434 g/mol. The fourth-order valence-electron chi connectivity index (χ4n) is 3.38. The SMILES string of the molecule is CC(C)N1CC(=O)NCCCCCOc2ccc(CCC(=O)N[C@@H](C)C(=O)O)cc2C1. The first-order chi connectivity index (χ1) is 14.8. The maximum Gasteiger partial charge on any atom is 0.325 e. The summed E-state index contributed by atoms with van der Waals surface area (Å²) >= 11 is 0. The third kappa shape index (κ3) is 8.57. The molecule has 1 atom stereocenters. The van der Waals surface area contributed by atoms with Gasteiger partial charge >= 0.3 is 5.97 Å². The Morgan fingerprint density at radius 1 is 1.19 bits per heavy atom. The molecular weight excluding hydrogens is 398 g/mol. The summed E-state index contributed by atoms with van der Waals surface area (Å²) in [5, 5.41) is 14.4. The Kier molecular flexibility index (Phi) is 9.78. The lowest BCUT2D eigenvalue weighted by Gasteiger charge is -2.27. The van der Waals surface area contributed by atoms with Gasteiger partial charge in [0.25, 0.3) is 0 Å². The highest BCUT2D eigenvalue weighted by Crippen LogP contribution is 2.24. The Balaban J connectivity index is 2.14. The van der Waals surface area contributed by atoms with Crippen LogP contribution >= 0.6 is 0 Å². The number of amides is 2. The van der Waals surface area contributed by atoms with E-state index in [0.29, 0.717) is 32.7 Å². The topological polar surface area (TPSA) is 108 Å². The van der Waals surface area contributed by atoms with Gasteiger partial charge in [0, 0.05) is 31.1 Å². The zero-order valence-corrected chi connectivity index (χ0v) is 18.8. The molecule has 0 fully saturated rings. The van der Waals surface area contributed by atoms with Crippen LogP contribution in [0.25, 0.3) is 0 Å². The number of hydrogen-bond donors (Lipinski definition) is 3. The van der Waals surface area contributed by atoms with E-state index in [2.05, 4.69) is 29.4 Å². The Labute approximate surface area is 184 Å². The van der Waals surface area contributed by atoms with E-state index in [9.17, 15) is 14.4 Å². The quantitative estimate of drug-likeness (QED) is 0.634. The molecule has 3 N–H and O–H groups in total. The Bertz CT molecular complexity index is 766. The van der Waals surface area contributed by atoms with E-state index in [0.717, 1.165) is 36.1 Å². The molecule has 0 spiro atoms. The van der Waals surface area contributed by atoms with Crippen LogP contribution in [0.15, 0.2) is 18.2 Å². The van der Waals surface area contributed by atoms with Gasteiger partial charge in [-0.25, -0.2) is 0 Å². The lowest BCUT2D eigenvalue weighted by Crippen LogP contribution is -2.40. The van der Waals surface area contributed by atoms with Gasteiger partial charge in [0.15, 0.2) is 0 Å². The van der Waals surface area contributed by atoms with E-state index in [4.69, 9.17) is 9.84 Å². The standard InChI is InChI=1S/C23H35N3O5/c1-16(2)26-14-19-13-18(8-10-21(27)25-17(3)23(29)30)7-9-20(19)31-12-6-4-5-11-24-22(28)15-26/h7,9,13,16-17H,4-6,8,10-12,14-15H2,1-3H3,(H,24,28)(H,25,27)(H,29,30)/t17-/m0/s1. The first-order valence-corrected chi connectivity index (χ1v) is 11.0. The number of benzene rings is 1. The summed E-state index contributed by atoms with van der Waals surface area (Å²) in [6.45, 7) is 7.75. The molecule has 0 aliphatic carbocycles. The van der Waals surface area contributed by atoms with Gasteiger partial charge in [-0.1, -0.05) is 12.1 Å². The maximum atomic E-state index is 12.3. The fraction of sp³-hybridized carbons (Fsp3) is 0.609. The summed E-state index contributed by atoms with van der Waals surface area (Å²) in [4.78, 5) is 37.3. The van der Waals surface area contributed by atoms with Crippen molar-refractivity contribution in [2.45, 2.75) is 71.5 Å². The van der Waals surface area contributed by atoms with Crippen molar-refractivity contribution in [3.8, 4) is 5.75 Å². The number of nitrogens with zero attached hydrogens (tertiary/aromatic N) is 1. The lowest BCUT2D eigenvalue weighted by atomic mass is 10.0. The molecule has 1 aliphatic rings. The monoisotopic (exact) mass is 433 g/mol. The number of aryl methyl sites for hydroxylation is 1. The van der Waals surface area contributed by atoms with Crippen molar-refractivity contribution in [3.05, 3.63) is 29.3 Å². The largest absolute Gasteiger partial charge is 0.493 e. The fourth-order valence-corrected chi connectivity index (χ4v) is 3.38. The molecule has 0 saturated heterocycles. The van der Waals surface area contributed by atoms with Gasteiger partial charge in [-0.3, -0.25) is 19.3 Å². The second kappa shape index (κ2) is 12.3. The highest BCUT2D eigenvalue weighted by Gasteiger charge is 2.18. The zero-order chi connectivity index (χ0) is 22.8. The van der Waals surface area contributed by atoms with Gasteiger partial charge in [0.1, 0.15) is 11.8 Å². The Morgan fingerprint density at radius 2 is 1.97 bits per heavy atom. The van der Waals surface area contributed by atoms with Crippen LogP contribution in [0.2, 0.25) is 0 Å². The third-order valence-corrected chi connectivity index (χ3v) is 5.36. The molecular formula is C23H35N3O5. The minimum Gasteiger partial charge on any atom is -0.493 e. The lowest BCUT2D eigenvalue weighted by molar-refractivity contribution is -0.141. The third-order valence-electron chi connectivity index (χ3n) is 5.36. The van der Waals surface area contributed by atoms with Crippen LogP contribution in [0.4, 0.5) is 0 Å². The van der Waals surface area contributed by atoms with E-state index in [-0.39, 0.29) is 24.3 Å². The van der Waals surface area contributed by atoms with Crippen LogP contribution in [0.1, 0.15) is 57.6 Å². The summed E-state index contributed by atoms with van der Waals surface area (Å²) < 4.78 is 6.04. The second-order valence-corrected chi connectivity index (χ2v) is 8.33. The van der Waals surface area contributed by atoms with Gasteiger partial charge < -0.3 is 20.5 Å². The molecule has 0 saturated carbocycles. The highest BCUT2D eigenvalue weighted by atomic mass is 16.5. The van der Waals surface area contributed by atoms with Crippen LogP contribution in [-0.4, -0.2) is 59.6 Å². The maximum absolute atomic E-state index is 12.3. The summed E-state index contributed by atoms with van der Waals surface area (Å²) in [6, 6.07) is 5.16. The molecule has 8 heteroatoms. The van der Waals surface area contributed by atoms with Crippen molar-refractivity contribution in [2.75, 3.05) is 19.7 Å². The molecule has 31 heavy (non-hydrogen) atoms. The summed E-state index contributed by atoms with van der Waals surface area (Å²) in [7, 11) is 0.